The Kier molecular flexibility index (Phi) is 4.62. The molecule has 1 saturated heterocycles. The molecule has 20 heavy (non-hydrogen) atoms. The molecule has 1 heterocycles. The Hall–Kier alpha value is -1.59. The van der Waals surface area contributed by atoms with Crippen molar-refractivity contribution < 1.29 is 14.3 Å². The van der Waals surface area contributed by atoms with Crippen LogP contribution in [-0.2, 0) is 9.53 Å². The fourth-order valence-electron chi connectivity index (χ4n) is 2.22. The maximum atomic E-state index is 12.4. The summed E-state index contributed by atoms with van der Waals surface area (Å²) in [5, 5.41) is 2.89. The van der Waals surface area contributed by atoms with Crippen LogP contribution < -0.4 is 15.8 Å². The van der Waals surface area contributed by atoms with Crippen LogP contribution >= 0.6 is 0 Å². The van der Waals surface area contributed by atoms with E-state index in [0.717, 1.165) is 5.56 Å². The summed E-state index contributed by atoms with van der Waals surface area (Å²) in [6.07, 6.45) is 1.07. The third-order valence-corrected chi connectivity index (χ3v) is 3.52. The fourth-order valence-corrected chi connectivity index (χ4v) is 2.22. The zero-order valence-corrected chi connectivity index (χ0v) is 12.1. The molecule has 5 nitrogen and oxygen atoms in total. The average Bonchev–Trinajstić information content (AvgIpc) is 2.43. The molecule has 0 atom stereocenters. The number of hydrogen-bond donors (Lipinski definition) is 2. The van der Waals surface area contributed by atoms with Crippen molar-refractivity contribution in [2.24, 2.45) is 5.73 Å². The molecule has 0 aromatic heterocycles. The highest BCUT2D eigenvalue weighted by molar-refractivity contribution is 5.99. The first-order chi connectivity index (χ1) is 9.55. The molecule has 5 heteroatoms. The number of nitrogens with one attached hydrogen (secondary N) is 1. The quantitative estimate of drug-likeness (QED) is 0.881. The molecular weight excluding hydrogens is 256 g/mol. The molecule has 1 fully saturated rings. The number of rotatable bonds is 4. The van der Waals surface area contributed by atoms with E-state index in [1.807, 2.05) is 32.0 Å². The SMILES string of the molecule is CCOc1cc(C)ccc1NC(=O)C1(N)CCOCC1. The minimum Gasteiger partial charge on any atom is -0.492 e. The van der Waals surface area contributed by atoms with Gasteiger partial charge in [0.15, 0.2) is 0 Å². The monoisotopic (exact) mass is 278 g/mol. The van der Waals surface area contributed by atoms with Gasteiger partial charge in [-0.05, 0) is 44.4 Å². The van der Waals surface area contributed by atoms with Gasteiger partial charge < -0.3 is 20.5 Å². The predicted octanol–water partition coefficient (Wildman–Crippen LogP) is 1.84. The first-order valence-electron chi connectivity index (χ1n) is 6.97. The lowest BCUT2D eigenvalue weighted by Gasteiger charge is -2.32. The van der Waals surface area contributed by atoms with Crippen molar-refractivity contribution in [3.8, 4) is 5.75 Å². The maximum absolute atomic E-state index is 12.4. The molecule has 0 radical (unpaired) electrons. The lowest BCUT2D eigenvalue weighted by Crippen LogP contribution is -2.54. The van der Waals surface area contributed by atoms with Gasteiger partial charge in [-0.1, -0.05) is 6.07 Å². The van der Waals surface area contributed by atoms with E-state index in [9.17, 15) is 4.79 Å². The number of carbonyl (C=O) groups is 1. The van der Waals surface area contributed by atoms with Crippen molar-refractivity contribution in [3.05, 3.63) is 23.8 Å². The van der Waals surface area contributed by atoms with Gasteiger partial charge >= 0.3 is 0 Å². The molecule has 1 amide bonds. The van der Waals surface area contributed by atoms with Gasteiger partial charge in [-0.15, -0.1) is 0 Å². The molecule has 1 aliphatic heterocycles. The summed E-state index contributed by atoms with van der Waals surface area (Å²) in [6.45, 7) is 5.49. The summed E-state index contributed by atoms with van der Waals surface area (Å²) in [4.78, 5) is 12.4. The number of nitrogens with two attached hydrogens (primary N) is 1. The van der Waals surface area contributed by atoms with Gasteiger partial charge in [0.25, 0.3) is 0 Å². The average molecular weight is 278 g/mol. The highest BCUT2D eigenvalue weighted by atomic mass is 16.5. The molecule has 1 aromatic rings. The first kappa shape index (κ1) is 14.8. The zero-order chi connectivity index (χ0) is 14.6. The Morgan fingerprint density at radius 2 is 2.15 bits per heavy atom. The first-order valence-corrected chi connectivity index (χ1v) is 6.97. The minimum absolute atomic E-state index is 0.175. The number of anilines is 1. The summed E-state index contributed by atoms with van der Waals surface area (Å²) >= 11 is 0. The van der Waals surface area contributed by atoms with E-state index in [4.69, 9.17) is 15.2 Å². The molecular formula is C15H22N2O3. The Balaban J connectivity index is 2.14. The largest absolute Gasteiger partial charge is 0.492 e. The molecule has 110 valence electrons. The van der Waals surface area contributed by atoms with Crippen molar-refractivity contribution >= 4 is 11.6 Å². The third-order valence-electron chi connectivity index (χ3n) is 3.52. The van der Waals surface area contributed by atoms with Gasteiger partial charge in [0, 0.05) is 13.2 Å². The second-order valence-electron chi connectivity index (χ2n) is 5.16. The summed E-state index contributed by atoms with van der Waals surface area (Å²) in [5.74, 6) is 0.502. The van der Waals surface area contributed by atoms with E-state index < -0.39 is 5.54 Å². The number of ether oxygens (including phenoxy) is 2. The van der Waals surface area contributed by atoms with E-state index in [1.54, 1.807) is 0 Å². The van der Waals surface area contributed by atoms with Crippen molar-refractivity contribution in [2.75, 3.05) is 25.1 Å². The Morgan fingerprint density at radius 3 is 2.80 bits per heavy atom. The van der Waals surface area contributed by atoms with Crippen LogP contribution in [0.4, 0.5) is 5.69 Å². The maximum Gasteiger partial charge on any atom is 0.244 e. The van der Waals surface area contributed by atoms with Crippen LogP contribution in [0, 0.1) is 6.92 Å². The normalized spacial score (nSPS) is 17.6. The summed E-state index contributed by atoms with van der Waals surface area (Å²) in [5.41, 5.74) is 7.07. The molecule has 0 saturated carbocycles. The molecule has 1 aliphatic rings. The summed E-state index contributed by atoms with van der Waals surface area (Å²) in [6, 6.07) is 5.69. The number of benzene rings is 1. The van der Waals surface area contributed by atoms with Crippen LogP contribution in [0.1, 0.15) is 25.3 Å². The Labute approximate surface area is 119 Å². The second kappa shape index (κ2) is 6.24. The van der Waals surface area contributed by atoms with Crippen LogP contribution in [0.2, 0.25) is 0 Å². The van der Waals surface area contributed by atoms with Crippen molar-refractivity contribution in [2.45, 2.75) is 32.2 Å². The number of amides is 1. The van der Waals surface area contributed by atoms with E-state index >= 15 is 0 Å². The summed E-state index contributed by atoms with van der Waals surface area (Å²) in [7, 11) is 0. The van der Waals surface area contributed by atoms with E-state index in [2.05, 4.69) is 5.32 Å². The van der Waals surface area contributed by atoms with Crippen LogP contribution in [0.3, 0.4) is 0 Å². The lowest BCUT2D eigenvalue weighted by atomic mass is 9.90. The van der Waals surface area contributed by atoms with Gasteiger partial charge in [0.05, 0.1) is 12.3 Å². The molecule has 0 spiro atoms. The van der Waals surface area contributed by atoms with Crippen molar-refractivity contribution in [3.63, 3.8) is 0 Å². The minimum atomic E-state index is -0.855. The predicted molar refractivity (Wildman–Crippen MR) is 77.9 cm³/mol. The summed E-state index contributed by atoms with van der Waals surface area (Å²) < 4.78 is 10.8. The standard InChI is InChI=1S/C15H22N2O3/c1-3-20-13-10-11(2)4-5-12(13)17-14(18)15(16)6-8-19-9-7-15/h4-5,10H,3,6-9,16H2,1-2H3,(H,17,18). The van der Waals surface area contributed by atoms with E-state index in [1.165, 1.54) is 0 Å². The van der Waals surface area contributed by atoms with Gasteiger partial charge in [-0.2, -0.15) is 0 Å². The van der Waals surface area contributed by atoms with Gasteiger partial charge in [0.2, 0.25) is 5.91 Å². The topological polar surface area (TPSA) is 73.6 Å². The molecule has 2 rings (SSSR count). The van der Waals surface area contributed by atoms with Gasteiger partial charge in [0.1, 0.15) is 11.3 Å². The van der Waals surface area contributed by atoms with Gasteiger partial charge in [-0.25, -0.2) is 0 Å². The number of aryl methyl sites for hydroxylation is 1. The van der Waals surface area contributed by atoms with E-state index in [-0.39, 0.29) is 5.91 Å². The van der Waals surface area contributed by atoms with Crippen molar-refractivity contribution in [1.82, 2.24) is 0 Å². The molecule has 3 N–H and O–H groups in total. The van der Waals surface area contributed by atoms with Crippen LogP contribution in [0.15, 0.2) is 18.2 Å². The Bertz CT molecular complexity index is 482. The highest BCUT2D eigenvalue weighted by Gasteiger charge is 2.36. The fraction of sp³-hybridized carbons (Fsp3) is 0.533. The van der Waals surface area contributed by atoms with Crippen LogP contribution in [0.25, 0.3) is 0 Å². The molecule has 0 aliphatic carbocycles. The molecule has 0 bridgehead atoms. The zero-order valence-electron chi connectivity index (χ0n) is 12.1. The van der Waals surface area contributed by atoms with Gasteiger partial charge in [-0.3, -0.25) is 4.79 Å². The smallest absolute Gasteiger partial charge is 0.244 e. The molecule has 0 unspecified atom stereocenters. The number of carbonyl (C=O) groups excluding carboxylic acids is 1. The highest BCUT2D eigenvalue weighted by Crippen LogP contribution is 2.28. The third kappa shape index (κ3) is 3.29. The van der Waals surface area contributed by atoms with Crippen LogP contribution in [0.5, 0.6) is 5.75 Å². The number of hydrogen-bond acceptors (Lipinski definition) is 4. The molecule has 1 aromatic carbocycles. The van der Waals surface area contributed by atoms with Crippen LogP contribution in [-0.4, -0.2) is 31.3 Å². The lowest BCUT2D eigenvalue weighted by molar-refractivity contribution is -0.124. The Morgan fingerprint density at radius 1 is 1.45 bits per heavy atom. The second-order valence-corrected chi connectivity index (χ2v) is 5.16. The van der Waals surface area contributed by atoms with E-state index in [0.29, 0.717) is 44.1 Å². The van der Waals surface area contributed by atoms with Crippen molar-refractivity contribution in [1.29, 1.82) is 0 Å².